The van der Waals surface area contributed by atoms with Gasteiger partial charge >= 0.3 is 0 Å². The molecule has 1 aromatic heterocycles. The van der Waals surface area contributed by atoms with E-state index in [1.165, 1.54) is 24.3 Å². The van der Waals surface area contributed by atoms with Crippen LogP contribution in [0.5, 0.6) is 5.88 Å². The van der Waals surface area contributed by atoms with Crippen LogP contribution in [0.3, 0.4) is 0 Å². The smallest absolute Gasteiger partial charge is 0.274 e. The number of anilines is 2. The van der Waals surface area contributed by atoms with E-state index in [2.05, 4.69) is 15.6 Å². The molecule has 1 aromatic carbocycles. The van der Waals surface area contributed by atoms with Crippen molar-refractivity contribution in [3.8, 4) is 5.88 Å². The van der Waals surface area contributed by atoms with Crippen LogP contribution < -0.4 is 20.3 Å². The van der Waals surface area contributed by atoms with Crippen molar-refractivity contribution in [2.24, 2.45) is 0 Å². The fourth-order valence-corrected chi connectivity index (χ4v) is 3.68. The van der Waals surface area contributed by atoms with Gasteiger partial charge in [-0.05, 0) is 63.7 Å². The number of hydrogen-bond donors (Lipinski definition) is 2. The lowest BCUT2D eigenvalue weighted by Crippen LogP contribution is -2.62. The molecule has 1 unspecified atom stereocenters. The highest BCUT2D eigenvalue weighted by atomic mass is 19.1. The maximum Gasteiger partial charge on any atom is 0.274 e. The summed E-state index contributed by atoms with van der Waals surface area (Å²) in [4.78, 5) is 32.0. The van der Waals surface area contributed by atoms with E-state index in [4.69, 9.17) is 4.74 Å². The number of benzene rings is 1. The molecule has 0 bridgehead atoms. The van der Waals surface area contributed by atoms with E-state index in [1.807, 2.05) is 20.8 Å². The molecule has 2 amide bonds. The molecule has 3 heterocycles. The van der Waals surface area contributed by atoms with Crippen molar-refractivity contribution in [1.29, 1.82) is 0 Å². The second-order valence-corrected chi connectivity index (χ2v) is 8.32. The summed E-state index contributed by atoms with van der Waals surface area (Å²) in [7, 11) is 0. The second-order valence-electron chi connectivity index (χ2n) is 8.32. The minimum Gasteiger partial charge on any atom is -0.458 e. The van der Waals surface area contributed by atoms with Crippen molar-refractivity contribution in [2.45, 2.75) is 38.3 Å². The molecule has 0 radical (unpaired) electrons. The highest BCUT2D eigenvalue weighted by Gasteiger charge is 2.53. The molecule has 1 saturated heterocycles. The second kappa shape index (κ2) is 6.81. The third-order valence-electron chi connectivity index (χ3n) is 5.09. The fraction of sp³-hybridized carbons (Fsp3) is 0.381. The maximum absolute atomic E-state index is 13.3. The van der Waals surface area contributed by atoms with Gasteiger partial charge in [-0.25, -0.2) is 9.37 Å². The van der Waals surface area contributed by atoms with Crippen LogP contribution in [-0.4, -0.2) is 41.0 Å². The summed E-state index contributed by atoms with van der Waals surface area (Å²) >= 11 is 0. The van der Waals surface area contributed by atoms with Crippen LogP contribution in [0.1, 0.15) is 37.7 Å². The van der Waals surface area contributed by atoms with Crippen LogP contribution in [0.25, 0.3) is 0 Å². The number of fused-ring (bicyclic) bond motifs is 1. The van der Waals surface area contributed by atoms with Gasteiger partial charge in [0.05, 0.1) is 0 Å². The maximum atomic E-state index is 13.3. The number of hydrogen-bond acceptors (Lipinski definition) is 5. The van der Waals surface area contributed by atoms with Crippen LogP contribution >= 0.6 is 0 Å². The van der Waals surface area contributed by atoms with Crippen LogP contribution in [0.4, 0.5) is 15.8 Å². The highest BCUT2D eigenvalue weighted by Crippen LogP contribution is 2.42. The van der Waals surface area contributed by atoms with Crippen LogP contribution in [0.15, 0.2) is 36.4 Å². The number of ether oxygens (including phenoxy) is 1. The first kappa shape index (κ1) is 19.3. The number of nitrogens with zero attached hydrogens (tertiary/aromatic N) is 2. The number of aromatic nitrogens is 1. The summed E-state index contributed by atoms with van der Waals surface area (Å²) in [6.07, 6.45) is 0.533. The van der Waals surface area contributed by atoms with E-state index in [1.54, 1.807) is 17.0 Å². The summed E-state index contributed by atoms with van der Waals surface area (Å²) in [5, 5.41) is 5.87. The Morgan fingerprint density at radius 2 is 1.97 bits per heavy atom. The molecule has 0 aliphatic carbocycles. The topological polar surface area (TPSA) is 83.6 Å². The number of halogens is 1. The molecule has 1 atom stereocenters. The molecule has 2 N–H and O–H groups in total. The molecule has 7 nitrogen and oxygen atoms in total. The van der Waals surface area contributed by atoms with Gasteiger partial charge in [0.25, 0.3) is 11.8 Å². The largest absolute Gasteiger partial charge is 0.458 e. The predicted molar refractivity (Wildman–Crippen MR) is 107 cm³/mol. The number of amides is 2. The normalized spacial score (nSPS) is 21.1. The third-order valence-corrected chi connectivity index (χ3v) is 5.09. The standard InChI is InChI=1S/C21H23FN4O3/c1-20(2,3)26-16-9-8-15(17(27)24-14-6-4-13(22)5-7-14)25-18(16)29-21(19(26)28)10-11-23-12-21/h4-9,23H,10-12H2,1-3H3,(H,24,27). The van der Waals surface area contributed by atoms with Gasteiger partial charge in [0.2, 0.25) is 11.5 Å². The monoisotopic (exact) mass is 398 g/mol. The summed E-state index contributed by atoms with van der Waals surface area (Å²) in [5.74, 6) is -0.672. The van der Waals surface area contributed by atoms with Crippen LogP contribution in [-0.2, 0) is 4.79 Å². The molecular formula is C21H23FN4O3. The van der Waals surface area contributed by atoms with Gasteiger partial charge in [0.1, 0.15) is 17.2 Å². The number of nitrogens with one attached hydrogen (secondary N) is 2. The average molecular weight is 398 g/mol. The molecule has 1 spiro atoms. The third kappa shape index (κ3) is 3.44. The van der Waals surface area contributed by atoms with Gasteiger partial charge in [0, 0.05) is 24.2 Å². The first-order valence-electron chi connectivity index (χ1n) is 9.52. The number of carbonyl (C=O) groups excluding carboxylic acids is 2. The zero-order valence-corrected chi connectivity index (χ0v) is 16.6. The van der Waals surface area contributed by atoms with Crippen molar-refractivity contribution < 1.29 is 18.7 Å². The Morgan fingerprint density at radius 3 is 2.59 bits per heavy atom. The van der Waals surface area contributed by atoms with Crippen molar-refractivity contribution in [2.75, 3.05) is 23.3 Å². The van der Waals surface area contributed by atoms with Crippen molar-refractivity contribution in [1.82, 2.24) is 10.3 Å². The zero-order valence-electron chi connectivity index (χ0n) is 16.6. The van der Waals surface area contributed by atoms with Crippen molar-refractivity contribution in [3.63, 3.8) is 0 Å². The lowest BCUT2D eigenvalue weighted by Gasteiger charge is -2.45. The average Bonchev–Trinajstić information content (AvgIpc) is 3.12. The van der Waals surface area contributed by atoms with E-state index >= 15 is 0 Å². The van der Waals surface area contributed by atoms with Crippen LogP contribution in [0, 0.1) is 5.82 Å². The van der Waals surface area contributed by atoms with Gasteiger partial charge in [-0.15, -0.1) is 0 Å². The molecular weight excluding hydrogens is 375 g/mol. The molecule has 0 saturated carbocycles. The first-order chi connectivity index (χ1) is 13.7. The Morgan fingerprint density at radius 1 is 1.24 bits per heavy atom. The Labute approximate surface area is 168 Å². The Kier molecular flexibility index (Phi) is 4.53. The Hall–Kier alpha value is -3.00. The molecule has 8 heteroatoms. The minimum absolute atomic E-state index is 0.104. The summed E-state index contributed by atoms with van der Waals surface area (Å²) in [5.41, 5.74) is -0.347. The van der Waals surface area contributed by atoms with E-state index in [-0.39, 0.29) is 23.3 Å². The lowest BCUT2D eigenvalue weighted by atomic mass is 9.94. The first-order valence-corrected chi connectivity index (χ1v) is 9.52. The summed E-state index contributed by atoms with van der Waals surface area (Å²) < 4.78 is 19.1. The SMILES string of the molecule is CC(C)(C)N1C(=O)C2(CCNC2)Oc2nc(C(=O)Nc3ccc(F)cc3)ccc21. The fourth-order valence-electron chi connectivity index (χ4n) is 3.68. The molecule has 2 aliphatic rings. The molecule has 2 aromatic rings. The lowest BCUT2D eigenvalue weighted by molar-refractivity contribution is -0.135. The number of rotatable bonds is 2. The van der Waals surface area contributed by atoms with E-state index in [0.29, 0.717) is 30.9 Å². The van der Waals surface area contributed by atoms with E-state index < -0.39 is 17.0 Å². The summed E-state index contributed by atoms with van der Waals surface area (Å²) in [6.45, 7) is 6.91. The van der Waals surface area contributed by atoms with Gasteiger partial charge in [-0.2, -0.15) is 0 Å². The predicted octanol–water partition coefficient (Wildman–Crippen LogP) is 2.73. The molecule has 4 rings (SSSR count). The van der Waals surface area contributed by atoms with E-state index in [0.717, 1.165) is 0 Å². The van der Waals surface area contributed by atoms with Gasteiger partial charge in [-0.3, -0.25) is 14.5 Å². The zero-order chi connectivity index (χ0) is 20.8. The quantitative estimate of drug-likeness (QED) is 0.813. The van der Waals surface area contributed by atoms with Crippen LogP contribution in [0.2, 0.25) is 0 Å². The number of pyridine rings is 1. The van der Waals surface area contributed by atoms with Gasteiger partial charge in [-0.1, -0.05) is 0 Å². The van der Waals surface area contributed by atoms with Gasteiger partial charge in [0.15, 0.2) is 0 Å². The molecule has 29 heavy (non-hydrogen) atoms. The highest BCUT2D eigenvalue weighted by molar-refractivity contribution is 6.06. The minimum atomic E-state index is -1.01. The van der Waals surface area contributed by atoms with Gasteiger partial charge < -0.3 is 15.4 Å². The van der Waals surface area contributed by atoms with Crippen molar-refractivity contribution in [3.05, 3.63) is 47.9 Å². The Balaban J connectivity index is 1.69. The van der Waals surface area contributed by atoms with Crippen molar-refractivity contribution >= 4 is 23.2 Å². The number of carbonyl (C=O) groups is 2. The molecule has 152 valence electrons. The molecule has 2 aliphatic heterocycles. The van der Waals surface area contributed by atoms with E-state index in [9.17, 15) is 14.0 Å². The summed E-state index contributed by atoms with van der Waals surface area (Å²) in [6, 6.07) is 8.71. The molecule has 1 fully saturated rings. The Bertz CT molecular complexity index is 963.